The standard InChI is InChI=1S/C27H34N4O5/c1-16-22(24(34)31(30(16)4)21-8-6-5-7-9-21)28-23(33)17(2)36-25(35)26-11-19-10-20(12-26)14-27(13-19,15-26)29-18(3)32/h5-9,17,19-20H,10-15H2,1-4H3,(H,28,33)(H,29,32)/t17-,19+,20+,26?,27?/m1/s1. The lowest BCUT2D eigenvalue weighted by Crippen LogP contribution is -2.65. The van der Waals surface area contributed by atoms with Gasteiger partial charge in [-0.1, -0.05) is 18.2 Å². The van der Waals surface area contributed by atoms with Crippen LogP contribution in [-0.2, 0) is 26.2 Å². The number of carbonyl (C=O) groups is 3. The van der Waals surface area contributed by atoms with Gasteiger partial charge in [0, 0.05) is 19.5 Å². The SMILES string of the molecule is CC(=O)NC12C[C@H]3C[C@H](C1)CC(C(=O)O[C@H](C)C(=O)Nc1c(C)n(C)n(-c4ccccc4)c1=O)(C3)C2. The van der Waals surface area contributed by atoms with Crippen LogP contribution in [0.4, 0.5) is 5.69 Å². The van der Waals surface area contributed by atoms with Crippen molar-refractivity contribution in [1.82, 2.24) is 14.7 Å². The largest absolute Gasteiger partial charge is 0.452 e. The number of carbonyl (C=O) groups excluding carboxylic acids is 3. The maximum Gasteiger partial charge on any atom is 0.312 e. The minimum atomic E-state index is -1.06. The van der Waals surface area contributed by atoms with Crippen LogP contribution in [0.25, 0.3) is 5.69 Å². The van der Waals surface area contributed by atoms with Gasteiger partial charge in [-0.2, -0.15) is 0 Å². The quantitative estimate of drug-likeness (QED) is 0.600. The smallest absolute Gasteiger partial charge is 0.312 e. The zero-order valence-electron chi connectivity index (χ0n) is 21.3. The van der Waals surface area contributed by atoms with Gasteiger partial charge in [-0.15, -0.1) is 0 Å². The average molecular weight is 495 g/mol. The van der Waals surface area contributed by atoms with Gasteiger partial charge in [-0.25, -0.2) is 4.68 Å². The highest BCUT2D eigenvalue weighted by Gasteiger charge is 2.61. The van der Waals surface area contributed by atoms with E-state index in [0.29, 0.717) is 29.6 Å². The molecule has 1 aromatic heterocycles. The minimum Gasteiger partial charge on any atom is -0.452 e. The fourth-order valence-corrected chi connectivity index (χ4v) is 7.30. The van der Waals surface area contributed by atoms with Crippen molar-refractivity contribution in [2.45, 2.75) is 70.9 Å². The molecule has 4 fully saturated rings. The lowest BCUT2D eigenvalue weighted by molar-refractivity contribution is -0.181. The highest BCUT2D eigenvalue weighted by Crippen LogP contribution is 2.62. The van der Waals surface area contributed by atoms with E-state index in [4.69, 9.17) is 4.74 Å². The third-order valence-corrected chi connectivity index (χ3v) is 8.39. The van der Waals surface area contributed by atoms with E-state index >= 15 is 0 Å². The zero-order chi connectivity index (χ0) is 25.8. The third-order valence-electron chi connectivity index (χ3n) is 8.39. The molecule has 36 heavy (non-hydrogen) atoms. The normalized spacial score (nSPS) is 29.0. The van der Waals surface area contributed by atoms with Crippen molar-refractivity contribution in [1.29, 1.82) is 0 Å². The molecule has 2 amide bonds. The third kappa shape index (κ3) is 4.04. The predicted molar refractivity (Wildman–Crippen MR) is 134 cm³/mol. The van der Waals surface area contributed by atoms with Gasteiger partial charge in [0.2, 0.25) is 5.91 Å². The van der Waals surface area contributed by atoms with Gasteiger partial charge in [0.25, 0.3) is 11.5 Å². The summed E-state index contributed by atoms with van der Waals surface area (Å²) in [6, 6.07) is 9.17. The van der Waals surface area contributed by atoms with Gasteiger partial charge in [-0.3, -0.25) is 23.9 Å². The molecule has 0 spiro atoms. The molecular weight excluding hydrogens is 460 g/mol. The minimum absolute atomic E-state index is 0.0763. The second kappa shape index (κ2) is 8.64. The highest BCUT2D eigenvalue weighted by molar-refractivity contribution is 5.96. The number of para-hydroxylation sites is 1. The van der Waals surface area contributed by atoms with Crippen LogP contribution >= 0.6 is 0 Å². The van der Waals surface area contributed by atoms with E-state index in [1.54, 1.807) is 18.7 Å². The number of nitrogens with one attached hydrogen (secondary N) is 2. The molecule has 9 nitrogen and oxygen atoms in total. The van der Waals surface area contributed by atoms with Gasteiger partial charge < -0.3 is 15.4 Å². The molecule has 4 saturated carbocycles. The van der Waals surface area contributed by atoms with E-state index in [1.807, 2.05) is 30.3 Å². The molecule has 4 bridgehead atoms. The first kappa shape index (κ1) is 24.3. The van der Waals surface area contributed by atoms with Crippen LogP contribution in [0.3, 0.4) is 0 Å². The molecule has 3 atom stereocenters. The first-order chi connectivity index (χ1) is 17.0. The summed E-state index contributed by atoms with van der Waals surface area (Å²) in [5.41, 5.74) is 0.0468. The van der Waals surface area contributed by atoms with E-state index in [-0.39, 0.29) is 28.7 Å². The Kier molecular flexibility index (Phi) is 5.84. The van der Waals surface area contributed by atoms with Crippen LogP contribution in [-0.4, -0.2) is 38.8 Å². The molecular formula is C27H34N4O5. The number of ether oxygens (including phenoxy) is 1. The van der Waals surface area contributed by atoms with Crippen LogP contribution in [0.1, 0.15) is 58.1 Å². The van der Waals surface area contributed by atoms with Crippen LogP contribution < -0.4 is 16.2 Å². The first-order valence-electron chi connectivity index (χ1n) is 12.7. The molecule has 1 aromatic carbocycles. The Hall–Kier alpha value is -3.36. The Morgan fingerprint density at radius 2 is 1.72 bits per heavy atom. The van der Waals surface area contributed by atoms with Gasteiger partial charge in [0.1, 0.15) is 5.69 Å². The number of amides is 2. The fraction of sp³-hybridized carbons (Fsp3) is 0.556. The Morgan fingerprint density at radius 3 is 2.33 bits per heavy atom. The van der Waals surface area contributed by atoms with Gasteiger partial charge in [0.15, 0.2) is 6.10 Å². The summed E-state index contributed by atoms with van der Waals surface area (Å²) in [5, 5.41) is 5.84. The van der Waals surface area contributed by atoms with E-state index in [9.17, 15) is 19.2 Å². The highest BCUT2D eigenvalue weighted by atomic mass is 16.5. The van der Waals surface area contributed by atoms with Gasteiger partial charge in [-0.05, 0) is 76.3 Å². The molecule has 1 heterocycles. The summed E-state index contributed by atoms with van der Waals surface area (Å²) in [4.78, 5) is 51.6. The maximum atomic E-state index is 13.5. The summed E-state index contributed by atoms with van der Waals surface area (Å²) in [6.07, 6.45) is 3.83. The monoisotopic (exact) mass is 494 g/mol. The van der Waals surface area contributed by atoms with Crippen LogP contribution in [0, 0.1) is 24.2 Å². The summed E-state index contributed by atoms with van der Waals surface area (Å²) >= 11 is 0. The molecule has 192 valence electrons. The van der Waals surface area contributed by atoms with Crippen LogP contribution in [0.15, 0.2) is 35.1 Å². The molecule has 0 aliphatic heterocycles. The van der Waals surface area contributed by atoms with Crippen molar-refractivity contribution in [2.24, 2.45) is 24.3 Å². The second-order valence-corrected chi connectivity index (χ2v) is 11.2. The van der Waals surface area contributed by atoms with E-state index in [2.05, 4.69) is 10.6 Å². The lowest BCUT2D eigenvalue weighted by Gasteiger charge is -2.60. The van der Waals surface area contributed by atoms with Gasteiger partial charge in [0.05, 0.1) is 16.8 Å². The van der Waals surface area contributed by atoms with Crippen molar-refractivity contribution in [3.05, 3.63) is 46.4 Å². The molecule has 9 heteroatoms. The Balaban J connectivity index is 1.31. The van der Waals surface area contributed by atoms with E-state index in [0.717, 1.165) is 32.1 Å². The number of hydrogen-bond donors (Lipinski definition) is 2. The number of esters is 1. The van der Waals surface area contributed by atoms with E-state index < -0.39 is 17.4 Å². The van der Waals surface area contributed by atoms with Crippen LogP contribution in [0.5, 0.6) is 0 Å². The van der Waals surface area contributed by atoms with Crippen molar-refractivity contribution < 1.29 is 19.1 Å². The zero-order valence-corrected chi connectivity index (χ0v) is 21.3. The average Bonchev–Trinajstić information content (AvgIpc) is 3.00. The molecule has 6 rings (SSSR count). The Labute approximate surface area is 210 Å². The Bertz CT molecular complexity index is 1260. The van der Waals surface area contributed by atoms with Crippen LogP contribution in [0.2, 0.25) is 0 Å². The number of benzene rings is 1. The summed E-state index contributed by atoms with van der Waals surface area (Å²) in [5.74, 6) is -0.250. The summed E-state index contributed by atoms with van der Waals surface area (Å²) in [7, 11) is 1.75. The fourth-order valence-electron chi connectivity index (χ4n) is 7.30. The molecule has 0 saturated heterocycles. The Morgan fingerprint density at radius 1 is 1.08 bits per heavy atom. The van der Waals surface area contributed by atoms with Gasteiger partial charge >= 0.3 is 5.97 Å². The first-order valence-corrected chi connectivity index (χ1v) is 12.7. The number of aromatic nitrogens is 2. The number of rotatable bonds is 6. The summed E-state index contributed by atoms with van der Waals surface area (Å²) in [6.45, 7) is 4.81. The topological polar surface area (TPSA) is 111 Å². The molecule has 2 aromatic rings. The van der Waals surface area contributed by atoms with Crippen molar-refractivity contribution in [3.63, 3.8) is 0 Å². The molecule has 0 radical (unpaired) electrons. The predicted octanol–water partition coefficient (Wildman–Crippen LogP) is 2.83. The number of hydrogen-bond acceptors (Lipinski definition) is 5. The molecule has 0 unspecified atom stereocenters. The number of anilines is 1. The van der Waals surface area contributed by atoms with Crippen molar-refractivity contribution in [3.8, 4) is 5.69 Å². The number of nitrogens with zero attached hydrogens (tertiary/aromatic N) is 2. The molecule has 4 aliphatic rings. The molecule has 2 N–H and O–H groups in total. The van der Waals surface area contributed by atoms with Crippen molar-refractivity contribution in [2.75, 3.05) is 5.32 Å². The summed E-state index contributed by atoms with van der Waals surface area (Å²) < 4.78 is 8.91. The molecule has 4 aliphatic carbocycles. The second-order valence-electron chi connectivity index (χ2n) is 11.2. The maximum absolute atomic E-state index is 13.5. The lowest BCUT2D eigenvalue weighted by atomic mass is 9.47. The van der Waals surface area contributed by atoms with E-state index in [1.165, 1.54) is 18.5 Å². The van der Waals surface area contributed by atoms with Crippen molar-refractivity contribution >= 4 is 23.5 Å².